The van der Waals surface area contributed by atoms with Crippen molar-refractivity contribution in [1.82, 2.24) is 5.32 Å². The molecule has 1 aliphatic rings. The normalized spacial score (nSPS) is 19.1. The smallest absolute Gasteiger partial charge is 0.154 e. The van der Waals surface area contributed by atoms with E-state index < -0.39 is 14.6 Å². The topological polar surface area (TPSA) is 55.4 Å². The first-order chi connectivity index (χ1) is 7.30. The fourth-order valence-electron chi connectivity index (χ4n) is 1.75. The van der Waals surface area contributed by atoms with Gasteiger partial charge in [0.05, 0.1) is 17.4 Å². The Morgan fingerprint density at radius 2 is 2.19 bits per heavy atom. The summed E-state index contributed by atoms with van der Waals surface area (Å²) >= 11 is 0. The Morgan fingerprint density at radius 1 is 1.56 bits per heavy atom. The van der Waals surface area contributed by atoms with Crippen LogP contribution in [0, 0.1) is 0 Å². The minimum absolute atomic E-state index is 0.269. The summed E-state index contributed by atoms with van der Waals surface area (Å²) in [5.41, 5.74) is 0. The highest BCUT2D eigenvalue weighted by Crippen LogP contribution is 2.28. The average Bonchev–Trinajstić information content (AvgIpc) is 2.64. The molecule has 4 nitrogen and oxygen atoms in total. The minimum Gasteiger partial charge on any atom is -0.496 e. The van der Waals surface area contributed by atoms with Crippen LogP contribution in [0.5, 0.6) is 0 Å². The van der Waals surface area contributed by atoms with Gasteiger partial charge in [-0.2, -0.15) is 0 Å². The standard InChI is InChI=1S/C11H21NO3S/c1-5-12-10(9-7-6-8-15-9)11(2,3)16(4,13)14/h7,10,12H,5-6,8H2,1-4H3. The summed E-state index contributed by atoms with van der Waals surface area (Å²) in [5, 5.41) is 3.20. The molecule has 0 amide bonds. The van der Waals surface area contributed by atoms with Crippen molar-refractivity contribution in [3.05, 3.63) is 11.8 Å². The Hall–Kier alpha value is -0.550. The molecule has 0 radical (unpaired) electrons. The summed E-state index contributed by atoms with van der Waals surface area (Å²) in [6.07, 6.45) is 4.10. The van der Waals surface area contributed by atoms with E-state index in [-0.39, 0.29) is 6.04 Å². The molecule has 0 aromatic carbocycles. The molecule has 1 heterocycles. The van der Waals surface area contributed by atoms with Gasteiger partial charge in [0.15, 0.2) is 9.84 Å². The number of nitrogens with one attached hydrogen (secondary N) is 1. The van der Waals surface area contributed by atoms with Crippen LogP contribution in [-0.4, -0.2) is 38.6 Å². The second-order valence-corrected chi connectivity index (χ2v) is 7.21. The van der Waals surface area contributed by atoms with E-state index in [1.54, 1.807) is 13.8 Å². The first kappa shape index (κ1) is 13.5. The van der Waals surface area contributed by atoms with Crippen molar-refractivity contribution >= 4 is 9.84 Å². The van der Waals surface area contributed by atoms with Crippen LogP contribution >= 0.6 is 0 Å². The molecule has 0 aromatic rings. The molecule has 0 saturated carbocycles. The van der Waals surface area contributed by atoms with Gasteiger partial charge in [0.1, 0.15) is 5.76 Å². The van der Waals surface area contributed by atoms with E-state index in [0.29, 0.717) is 13.2 Å². The third kappa shape index (κ3) is 2.58. The van der Waals surface area contributed by atoms with Gasteiger partial charge in [-0.1, -0.05) is 6.92 Å². The highest BCUT2D eigenvalue weighted by Gasteiger charge is 2.42. The first-order valence-corrected chi connectivity index (χ1v) is 7.45. The molecule has 0 aliphatic carbocycles. The largest absolute Gasteiger partial charge is 0.496 e. The first-order valence-electron chi connectivity index (χ1n) is 5.56. The number of ether oxygens (including phenoxy) is 1. The Bertz CT molecular complexity index is 371. The van der Waals surface area contributed by atoms with Gasteiger partial charge in [-0.3, -0.25) is 0 Å². The van der Waals surface area contributed by atoms with Crippen LogP contribution in [-0.2, 0) is 14.6 Å². The van der Waals surface area contributed by atoms with E-state index in [9.17, 15) is 8.42 Å². The van der Waals surface area contributed by atoms with E-state index >= 15 is 0 Å². The molecule has 0 bridgehead atoms. The van der Waals surface area contributed by atoms with Crippen LogP contribution < -0.4 is 5.32 Å². The molecule has 0 fully saturated rings. The highest BCUT2D eigenvalue weighted by atomic mass is 32.2. The van der Waals surface area contributed by atoms with E-state index in [2.05, 4.69) is 5.32 Å². The summed E-state index contributed by atoms with van der Waals surface area (Å²) in [7, 11) is -3.14. The molecule has 0 saturated heterocycles. The summed E-state index contributed by atoms with van der Waals surface area (Å²) in [6.45, 7) is 6.79. The van der Waals surface area contributed by atoms with Crippen LogP contribution in [0.4, 0.5) is 0 Å². The number of likely N-dealkylation sites (N-methyl/N-ethyl adjacent to an activating group) is 1. The van der Waals surface area contributed by atoms with Crippen LogP contribution in [0.25, 0.3) is 0 Å². The monoisotopic (exact) mass is 247 g/mol. The van der Waals surface area contributed by atoms with Crippen molar-refractivity contribution in [2.75, 3.05) is 19.4 Å². The summed E-state index contributed by atoms with van der Waals surface area (Å²) in [6, 6.07) is -0.269. The summed E-state index contributed by atoms with van der Waals surface area (Å²) in [4.78, 5) is 0. The second kappa shape index (κ2) is 4.75. The maximum Gasteiger partial charge on any atom is 0.154 e. The Balaban J connectivity index is 3.02. The number of hydrogen-bond donors (Lipinski definition) is 1. The lowest BCUT2D eigenvalue weighted by atomic mass is 10.0. The second-order valence-electron chi connectivity index (χ2n) is 4.61. The van der Waals surface area contributed by atoms with E-state index in [1.165, 1.54) is 6.26 Å². The van der Waals surface area contributed by atoms with E-state index in [4.69, 9.17) is 4.74 Å². The van der Waals surface area contributed by atoms with Crippen LogP contribution in [0.1, 0.15) is 27.2 Å². The molecule has 0 spiro atoms. The van der Waals surface area contributed by atoms with Crippen molar-refractivity contribution in [3.63, 3.8) is 0 Å². The lowest BCUT2D eigenvalue weighted by molar-refractivity contribution is 0.204. The maximum atomic E-state index is 11.8. The minimum atomic E-state index is -3.14. The van der Waals surface area contributed by atoms with Gasteiger partial charge in [0.25, 0.3) is 0 Å². The summed E-state index contributed by atoms with van der Waals surface area (Å²) in [5.74, 6) is 0.761. The van der Waals surface area contributed by atoms with Gasteiger partial charge >= 0.3 is 0 Å². The molecular formula is C11H21NO3S. The van der Waals surface area contributed by atoms with Gasteiger partial charge in [0.2, 0.25) is 0 Å². The molecule has 5 heteroatoms. The Kier molecular flexibility index (Phi) is 4.02. The van der Waals surface area contributed by atoms with Crippen molar-refractivity contribution in [1.29, 1.82) is 0 Å². The maximum absolute atomic E-state index is 11.8. The predicted octanol–water partition coefficient (Wildman–Crippen LogP) is 1.09. The lowest BCUT2D eigenvalue weighted by Gasteiger charge is -2.33. The van der Waals surface area contributed by atoms with Crippen molar-refractivity contribution in [2.45, 2.75) is 38.0 Å². The molecule has 94 valence electrons. The fourth-order valence-corrected chi connectivity index (χ4v) is 2.37. The van der Waals surface area contributed by atoms with Crippen molar-refractivity contribution in [2.24, 2.45) is 0 Å². The van der Waals surface area contributed by atoms with Gasteiger partial charge < -0.3 is 10.1 Å². The fraction of sp³-hybridized carbons (Fsp3) is 0.818. The van der Waals surface area contributed by atoms with Crippen molar-refractivity contribution < 1.29 is 13.2 Å². The Morgan fingerprint density at radius 3 is 2.56 bits per heavy atom. The Labute approximate surface area is 98.0 Å². The zero-order valence-corrected chi connectivity index (χ0v) is 11.2. The molecule has 1 unspecified atom stereocenters. The van der Waals surface area contributed by atoms with Gasteiger partial charge in [-0.05, 0) is 26.5 Å². The molecule has 1 N–H and O–H groups in total. The van der Waals surface area contributed by atoms with E-state index in [1.807, 2.05) is 13.0 Å². The summed E-state index contributed by atoms with van der Waals surface area (Å²) < 4.78 is 28.2. The van der Waals surface area contributed by atoms with Crippen LogP contribution in [0.2, 0.25) is 0 Å². The number of hydrogen-bond acceptors (Lipinski definition) is 4. The molecule has 1 rings (SSSR count). The van der Waals surface area contributed by atoms with Crippen LogP contribution in [0.15, 0.2) is 11.8 Å². The lowest BCUT2D eigenvalue weighted by Crippen LogP contribution is -2.52. The quantitative estimate of drug-likeness (QED) is 0.790. The zero-order chi connectivity index (χ0) is 12.4. The van der Waals surface area contributed by atoms with Crippen molar-refractivity contribution in [3.8, 4) is 0 Å². The zero-order valence-electron chi connectivity index (χ0n) is 10.4. The molecule has 0 aromatic heterocycles. The van der Waals surface area contributed by atoms with Gasteiger partial charge in [-0.15, -0.1) is 0 Å². The molecule has 1 atom stereocenters. The van der Waals surface area contributed by atoms with Gasteiger partial charge in [-0.25, -0.2) is 8.42 Å². The SMILES string of the molecule is CCNC(C1=CCCO1)C(C)(C)S(C)(=O)=O. The molecule has 1 aliphatic heterocycles. The predicted molar refractivity (Wildman–Crippen MR) is 65.0 cm³/mol. The van der Waals surface area contributed by atoms with Crippen LogP contribution in [0.3, 0.4) is 0 Å². The van der Waals surface area contributed by atoms with E-state index in [0.717, 1.165) is 12.2 Å². The third-order valence-electron chi connectivity index (χ3n) is 3.08. The molecule has 16 heavy (non-hydrogen) atoms. The third-order valence-corrected chi connectivity index (χ3v) is 5.22. The number of rotatable bonds is 5. The average molecular weight is 247 g/mol. The molecular weight excluding hydrogens is 226 g/mol. The van der Waals surface area contributed by atoms with Gasteiger partial charge in [0, 0.05) is 12.7 Å². The number of sulfone groups is 1. The highest BCUT2D eigenvalue weighted by molar-refractivity contribution is 7.92.